The van der Waals surface area contributed by atoms with E-state index in [1.165, 1.54) is 39.2 Å². The predicted molar refractivity (Wildman–Crippen MR) is 74.0 cm³/mol. The number of nitrogens with zero attached hydrogens (tertiary/aromatic N) is 1. The second-order valence-electron chi connectivity index (χ2n) is 5.85. The molecule has 0 bridgehead atoms. The summed E-state index contributed by atoms with van der Waals surface area (Å²) in [6.07, 6.45) is 7.07. The molecule has 1 aliphatic carbocycles. The summed E-state index contributed by atoms with van der Waals surface area (Å²) in [6.45, 7) is 4.94. The molecular formula is C15H27NO3. The van der Waals surface area contributed by atoms with Crippen LogP contribution in [0, 0.1) is 5.92 Å². The Morgan fingerprint density at radius 3 is 2.68 bits per heavy atom. The molecule has 1 saturated heterocycles. The second kappa shape index (κ2) is 7.25. The largest absolute Gasteiger partial charge is 0.469 e. The SMILES string of the molecule is CCC1CCC(N2CCOC(CC(=O)OC)C2)CC1. The van der Waals surface area contributed by atoms with Crippen LogP contribution in [0.5, 0.6) is 0 Å². The van der Waals surface area contributed by atoms with Crippen LogP contribution in [0.15, 0.2) is 0 Å². The van der Waals surface area contributed by atoms with Crippen LogP contribution in [-0.4, -0.2) is 49.8 Å². The van der Waals surface area contributed by atoms with Gasteiger partial charge >= 0.3 is 5.97 Å². The molecule has 2 fully saturated rings. The third kappa shape index (κ3) is 4.18. The Morgan fingerprint density at radius 1 is 1.32 bits per heavy atom. The predicted octanol–water partition coefficient (Wildman–Crippen LogP) is 2.22. The topological polar surface area (TPSA) is 38.8 Å². The molecule has 0 radical (unpaired) electrons. The number of carbonyl (C=O) groups excluding carboxylic acids is 1. The van der Waals surface area contributed by atoms with E-state index in [0.29, 0.717) is 12.5 Å². The maximum atomic E-state index is 11.3. The van der Waals surface area contributed by atoms with E-state index in [1.807, 2.05) is 0 Å². The van der Waals surface area contributed by atoms with Crippen molar-refractivity contribution in [1.82, 2.24) is 4.90 Å². The molecule has 110 valence electrons. The summed E-state index contributed by atoms with van der Waals surface area (Å²) >= 11 is 0. The summed E-state index contributed by atoms with van der Waals surface area (Å²) in [5.41, 5.74) is 0. The Hall–Kier alpha value is -0.610. The molecule has 0 aromatic carbocycles. The fraction of sp³-hybridized carbons (Fsp3) is 0.933. The van der Waals surface area contributed by atoms with Gasteiger partial charge in [0.1, 0.15) is 0 Å². The Labute approximate surface area is 116 Å². The van der Waals surface area contributed by atoms with Crippen LogP contribution in [0.3, 0.4) is 0 Å². The van der Waals surface area contributed by atoms with Crippen molar-refractivity contribution in [3.8, 4) is 0 Å². The normalized spacial score (nSPS) is 33.1. The molecule has 19 heavy (non-hydrogen) atoms. The molecule has 0 aromatic heterocycles. The van der Waals surface area contributed by atoms with Crippen LogP contribution in [0.2, 0.25) is 0 Å². The molecule has 2 rings (SSSR count). The van der Waals surface area contributed by atoms with Gasteiger partial charge in [0, 0.05) is 19.1 Å². The smallest absolute Gasteiger partial charge is 0.308 e. The van der Waals surface area contributed by atoms with Crippen molar-refractivity contribution in [3.63, 3.8) is 0 Å². The first-order valence-corrected chi connectivity index (χ1v) is 7.65. The summed E-state index contributed by atoms with van der Waals surface area (Å²) < 4.78 is 10.4. The van der Waals surface area contributed by atoms with Crippen LogP contribution in [0.1, 0.15) is 45.4 Å². The van der Waals surface area contributed by atoms with Crippen molar-refractivity contribution in [1.29, 1.82) is 0 Å². The quantitative estimate of drug-likeness (QED) is 0.734. The molecule has 1 unspecified atom stereocenters. The van der Waals surface area contributed by atoms with Gasteiger partial charge in [0.25, 0.3) is 0 Å². The highest BCUT2D eigenvalue weighted by Gasteiger charge is 2.30. The van der Waals surface area contributed by atoms with Gasteiger partial charge in [0.2, 0.25) is 0 Å². The van der Waals surface area contributed by atoms with Crippen molar-refractivity contribution < 1.29 is 14.3 Å². The molecule has 4 heteroatoms. The minimum Gasteiger partial charge on any atom is -0.469 e. The number of hydrogen-bond acceptors (Lipinski definition) is 4. The fourth-order valence-corrected chi connectivity index (χ4v) is 3.38. The van der Waals surface area contributed by atoms with E-state index in [2.05, 4.69) is 11.8 Å². The summed E-state index contributed by atoms with van der Waals surface area (Å²) in [5, 5.41) is 0. The molecule has 1 atom stereocenters. The third-order valence-electron chi connectivity index (χ3n) is 4.70. The van der Waals surface area contributed by atoms with E-state index in [9.17, 15) is 4.79 Å². The zero-order chi connectivity index (χ0) is 13.7. The van der Waals surface area contributed by atoms with Crippen LogP contribution in [0.25, 0.3) is 0 Å². The first-order valence-electron chi connectivity index (χ1n) is 7.65. The van der Waals surface area contributed by atoms with E-state index in [4.69, 9.17) is 9.47 Å². The molecule has 1 aliphatic heterocycles. The van der Waals surface area contributed by atoms with Crippen molar-refractivity contribution in [2.45, 2.75) is 57.6 Å². The van der Waals surface area contributed by atoms with Crippen LogP contribution < -0.4 is 0 Å². The zero-order valence-corrected chi connectivity index (χ0v) is 12.3. The van der Waals surface area contributed by atoms with Crippen molar-refractivity contribution >= 4 is 5.97 Å². The van der Waals surface area contributed by atoms with E-state index in [1.54, 1.807) is 0 Å². The van der Waals surface area contributed by atoms with Crippen LogP contribution >= 0.6 is 0 Å². The van der Waals surface area contributed by atoms with Gasteiger partial charge in [0.05, 0.1) is 26.2 Å². The van der Waals surface area contributed by atoms with Crippen molar-refractivity contribution in [3.05, 3.63) is 0 Å². The Kier molecular flexibility index (Phi) is 5.64. The number of morpholine rings is 1. The Balaban J connectivity index is 1.79. The molecule has 1 heterocycles. The third-order valence-corrected chi connectivity index (χ3v) is 4.70. The van der Waals surface area contributed by atoms with Gasteiger partial charge in [0.15, 0.2) is 0 Å². The monoisotopic (exact) mass is 269 g/mol. The van der Waals surface area contributed by atoms with Crippen molar-refractivity contribution in [2.75, 3.05) is 26.8 Å². The number of hydrogen-bond donors (Lipinski definition) is 0. The molecule has 2 aliphatic rings. The lowest BCUT2D eigenvalue weighted by atomic mass is 9.83. The Bertz CT molecular complexity index is 287. The molecule has 1 saturated carbocycles. The van der Waals surface area contributed by atoms with E-state index >= 15 is 0 Å². The minimum absolute atomic E-state index is 0.0186. The fourth-order valence-electron chi connectivity index (χ4n) is 3.38. The summed E-state index contributed by atoms with van der Waals surface area (Å²) in [6, 6.07) is 0.701. The second-order valence-corrected chi connectivity index (χ2v) is 5.85. The lowest BCUT2D eigenvalue weighted by Gasteiger charge is -2.41. The molecule has 0 amide bonds. The number of carbonyl (C=O) groups is 1. The number of rotatable bonds is 4. The standard InChI is InChI=1S/C15H27NO3/c1-3-12-4-6-13(7-5-12)16-8-9-19-14(11-16)10-15(17)18-2/h12-14H,3-11H2,1-2H3. The number of esters is 1. The first kappa shape index (κ1) is 14.8. The molecule has 0 N–H and O–H groups in total. The van der Waals surface area contributed by atoms with Crippen molar-refractivity contribution in [2.24, 2.45) is 5.92 Å². The summed E-state index contributed by atoms with van der Waals surface area (Å²) in [4.78, 5) is 13.9. The summed E-state index contributed by atoms with van der Waals surface area (Å²) in [5.74, 6) is 0.768. The Morgan fingerprint density at radius 2 is 2.05 bits per heavy atom. The van der Waals surface area contributed by atoms with E-state index in [0.717, 1.165) is 25.6 Å². The maximum absolute atomic E-state index is 11.3. The van der Waals surface area contributed by atoms with E-state index in [-0.39, 0.29) is 12.1 Å². The van der Waals surface area contributed by atoms with E-state index < -0.39 is 0 Å². The highest BCUT2D eigenvalue weighted by molar-refractivity contribution is 5.69. The highest BCUT2D eigenvalue weighted by atomic mass is 16.5. The van der Waals surface area contributed by atoms with Gasteiger partial charge < -0.3 is 9.47 Å². The number of methoxy groups -OCH3 is 1. The highest BCUT2D eigenvalue weighted by Crippen LogP contribution is 2.30. The van der Waals surface area contributed by atoms with Crippen LogP contribution in [0.4, 0.5) is 0 Å². The van der Waals surface area contributed by atoms with Gasteiger partial charge in [-0.25, -0.2) is 0 Å². The van der Waals surface area contributed by atoms with Crippen LogP contribution in [-0.2, 0) is 14.3 Å². The van der Waals surface area contributed by atoms with Gasteiger partial charge in [-0.3, -0.25) is 9.69 Å². The lowest BCUT2D eigenvalue weighted by molar-refractivity contribution is -0.146. The zero-order valence-electron chi connectivity index (χ0n) is 12.3. The average Bonchev–Trinajstić information content (AvgIpc) is 2.47. The first-order chi connectivity index (χ1) is 9.22. The molecule has 0 aromatic rings. The van der Waals surface area contributed by atoms with Gasteiger partial charge in [-0.15, -0.1) is 0 Å². The molecule has 4 nitrogen and oxygen atoms in total. The summed E-state index contributed by atoms with van der Waals surface area (Å²) in [7, 11) is 1.44. The lowest BCUT2D eigenvalue weighted by Crippen LogP contribution is -2.49. The number of ether oxygens (including phenoxy) is 2. The van der Waals surface area contributed by atoms with Gasteiger partial charge in [-0.2, -0.15) is 0 Å². The maximum Gasteiger partial charge on any atom is 0.308 e. The molecule has 0 spiro atoms. The minimum atomic E-state index is -0.165. The van der Waals surface area contributed by atoms with Gasteiger partial charge in [-0.05, 0) is 31.6 Å². The molecular weight excluding hydrogens is 242 g/mol. The average molecular weight is 269 g/mol. The van der Waals surface area contributed by atoms with Gasteiger partial charge in [-0.1, -0.05) is 13.3 Å².